The Morgan fingerprint density at radius 1 is 0.946 bits per heavy atom. The molecule has 204 valence electrons. The van der Waals surface area contributed by atoms with Crippen LogP contribution < -0.4 is 4.90 Å². The molecule has 0 fully saturated rings. The van der Waals surface area contributed by atoms with Gasteiger partial charge < -0.3 is 24.9 Å². The summed E-state index contributed by atoms with van der Waals surface area (Å²) in [5, 5.41) is 14.2. The summed E-state index contributed by atoms with van der Waals surface area (Å²) in [6.45, 7) is 2.75. The van der Waals surface area contributed by atoms with Crippen molar-refractivity contribution in [2.75, 3.05) is 32.1 Å². The van der Waals surface area contributed by atoms with Crippen molar-refractivity contribution in [3.8, 4) is 0 Å². The molecule has 10 nitrogen and oxygen atoms in total. The van der Waals surface area contributed by atoms with Gasteiger partial charge in [-0.15, -0.1) is 0 Å². The minimum atomic E-state index is -5.08. The summed E-state index contributed by atoms with van der Waals surface area (Å²) in [6, 6.07) is 7.99. The van der Waals surface area contributed by atoms with Gasteiger partial charge in [-0.05, 0) is 17.7 Å². The van der Waals surface area contributed by atoms with Crippen molar-refractivity contribution in [1.29, 1.82) is 0 Å². The molecule has 2 N–H and O–H groups in total. The summed E-state index contributed by atoms with van der Waals surface area (Å²) < 4.78 is 63.5. The third-order valence-electron chi connectivity index (χ3n) is 4.40. The molecule has 0 radical (unpaired) electrons. The van der Waals surface area contributed by atoms with E-state index in [1.807, 2.05) is 29.3 Å². The molecule has 1 aliphatic rings. The van der Waals surface area contributed by atoms with Crippen LogP contribution in [-0.4, -0.2) is 87.5 Å². The first-order chi connectivity index (χ1) is 17.0. The third kappa shape index (κ3) is 10.6. The van der Waals surface area contributed by atoms with Crippen LogP contribution in [-0.2, 0) is 22.7 Å². The fraction of sp³-hybridized carbons (Fsp3) is 0.381. The number of aliphatic carboxylic acids is 2. The maximum absolute atomic E-state index is 12.3. The van der Waals surface area contributed by atoms with Gasteiger partial charge in [-0.1, -0.05) is 12.1 Å². The number of hydrogen-bond acceptors (Lipinski definition) is 6. The summed E-state index contributed by atoms with van der Waals surface area (Å²) >= 11 is 0. The van der Waals surface area contributed by atoms with Gasteiger partial charge in [0, 0.05) is 57.9 Å². The molecule has 0 saturated carbocycles. The topological polar surface area (TPSA) is 127 Å². The lowest BCUT2D eigenvalue weighted by atomic mass is 10.2. The molecule has 1 aliphatic heterocycles. The van der Waals surface area contributed by atoms with Crippen molar-refractivity contribution in [2.24, 2.45) is 0 Å². The summed E-state index contributed by atoms with van der Waals surface area (Å²) in [5.41, 5.74) is 2.21. The fourth-order valence-electron chi connectivity index (χ4n) is 2.78. The van der Waals surface area contributed by atoms with E-state index < -0.39 is 24.3 Å². The van der Waals surface area contributed by atoms with E-state index in [9.17, 15) is 31.1 Å². The van der Waals surface area contributed by atoms with Crippen molar-refractivity contribution in [2.45, 2.75) is 25.4 Å². The number of hydrogen-bond donors (Lipinski definition) is 2. The number of pyridine rings is 2. The van der Waals surface area contributed by atoms with Crippen molar-refractivity contribution in [3.05, 3.63) is 54.0 Å². The van der Waals surface area contributed by atoms with Gasteiger partial charge in [0.1, 0.15) is 5.82 Å². The first-order valence-corrected chi connectivity index (χ1v) is 10.2. The number of urea groups is 1. The van der Waals surface area contributed by atoms with Crippen LogP contribution in [0.2, 0.25) is 0 Å². The van der Waals surface area contributed by atoms with Gasteiger partial charge in [-0.2, -0.15) is 26.3 Å². The first kappa shape index (κ1) is 30.9. The van der Waals surface area contributed by atoms with Gasteiger partial charge >= 0.3 is 30.3 Å². The smallest absolute Gasteiger partial charge is 0.475 e. The van der Waals surface area contributed by atoms with Crippen molar-refractivity contribution in [1.82, 2.24) is 19.8 Å². The van der Waals surface area contributed by atoms with E-state index in [2.05, 4.69) is 20.9 Å². The highest BCUT2D eigenvalue weighted by Crippen LogP contribution is 2.24. The van der Waals surface area contributed by atoms with Crippen LogP contribution in [0.15, 0.2) is 42.9 Å². The zero-order chi connectivity index (χ0) is 28.4. The Morgan fingerprint density at radius 3 is 1.95 bits per heavy atom. The number of alkyl halides is 6. The average molecular weight is 539 g/mol. The molecular weight excluding hydrogens is 516 g/mol. The number of carboxylic acids is 2. The van der Waals surface area contributed by atoms with Crippen LogP contribution >= 0.6 is 0 Å². The second-order valence-corrected chi connectivity index (χ2v) is 7.47. The van der Waals surface area contributed by atoms with E-state index in [0.29, 0.717) is 13.1 Å². The summed E-state index contributed by atoms with van der Waals surface area (Å²) in [4.78, 5) is 44.5. The molecule has 0 spiro atoms. The highest BCUT2D eigenvalue weighted by atomic mass is 19.4. The largest absolute Gasteiger partial charge is 0.490 e. The van der Waals surface area contributed by atoms with E-state index in [1.165, 1.54) is 0 Å². The third-order valence-corrected chi connectivity index (χ3v) is 4.40. The summed E-state index contributed by atoms with van der Waals surface area (Å²) in [7, 11) is 3.57. The minimum absolute atomic E-state index is 0.0306. The molecule has 0 atom stereocenters. The van der Waals surface area contributed by atoms with Crippen LogP contribution in [0.5, 0.6) is 0 Å². The highest BCUT2D eigenvalue weighted by molar-refractivity contribution is 5.74. The van der Waals surface area contributed by atoms with Crippen molar-refractivity contribution >= 4 is 23.8 Å². The van der Waals surface area contributed by atoms with E-state index in [1.54, 1.807) is 31.4 Å². The van der Waals surface area contributed by atoms with Gasteiger partial charge in [-0.3, -0.25) is 4.98 Å². The van der Waals surface area contributed by atoms with E-state index in [4.69, 9.17) is 19.8 Å². The fourth-order valence-corrected chi connectivity index (χ4v) is 2.78. The molecule has 0 unspecified atom stereocenters. The molecular formula is C21H23F6N5O5. The molecule has 16 heteroatoms. The molecule has 2 amide bonds. The van der Waals surface area contributed by atoms with Gasteiger partial charge in [0.05, 0.1) is 6.54 Å². The lowest BCUT2D eigenvalue weighted by Gasteiger charge is -2.25. The summed E-state index contributed by atoms with van der Waals surface area (Å²) in [5.74, 6) is -4.56. The number of amides is 2. The number of carbonyl (C=O) groups excluding carboxylic acids is 1. The predicted octanol–water partition coefficient (Wildman–Crippen LogP) is 3.25. The Balaban J connectivity index is 0.000000404. The molecule has 0 saturated heterocycles. The Bertz CT molecular complexity index is 1030. The molecule has 2 aromatic rings. The second kappa shape index (κ2) is 13.3. The summed E-state index contributed by atoms with van der Waals surface area (Å²) in [6.07, 6.45) is -4.72. The van der Waals surface area contributed by atoms with Crippen LogP contribution in [0.4, 0.5) is 37.0 Å². The number of aromatic nitrogens is 2. The molecule has 0 aliphatic carbocycles. The molecule has 0 aromatic carbocycles. The van der Waals surface area contributed by atoms with Crippen LogP contribution in [0.25, 0.3) is 0 Å². The van der Waals surface area contributed by atoms with E-state index >= 15 is 0 Å². The van der Waals surface area contributed by atoms with Crippen molar-refractivity contribution in [3.63, 3.8) is 0 Å². The lowest BCUT2D eigenvalue weighted by molar-refractivity contribution is -0.193. The molecule has 0 bridgehead atoms. The number of fused-ring (bicyclic) bond motifs is 1. The maximum atomic E-state index is 12.3. The van der Waals surface area contributed by atoms with Gasteiger partial charge in [0.2, 0.25) is 0 Å². The van der Waals surface area contributed by atoms with Gasteiger partial charge in [0.15, 0.2) is 0 Å². The van der Waals surface area contributed by atoms with Crippen LogP contribution in [0, 0.1) is 0 Å². The molecule has 3 heterocycles. The molecule has 37 heavy (non-hydrogen) atoms. The minimum Gasteiger partial charge on any atom is -0.475 e. The SMILES string of the molecule is CN(C)C(=O)N1CCN(Cc2cccnc2)c2ncccc2C1.O=C(O)C(F)(F)F.O=C(O)C(F)(F)F. The van der Waals surface area contributed by atoms with Gasteiger partial charge in [-0.25, -0.2) is 19.4 Å². The molecule has 2 aromatic heterocycles. The van der Waals surface area contributed by atoms with Crippen LogP contribution in [0.1, 0.15) is 11.1 Å². The number of carbonyl (C=O) groups is 3. The quantitative estimate of drug-likeness (QED) is 0.557. The monoisotopic (exact) mass is 539 g/mol. The number of nitrogens with zero attached hydrogens (tertiary/aromatic N) is 5. The normalized spacial score (nSPS) is 13.1. The average Bonchev–Trinajstić information content (AvgIpc) is 2.98. The zero-order valence-electron chi connectivity index (χ0n) is 19.5. The number of anilines is 1. The van der Waals surface area contributed by atoms with Crippen LogP contribution in [0.3, 0.4) is 0 Å². The first-order valence-electron chi connectivity index (χ1n) is 10.2. The second-order valence-electron chi connectivity index (χ2n) is 7.47. The Kier molecular flexibility index (Phi) is 11.1. The number of halogens is 6. The predicted molar refractivity (Wildman–Crippen MR) is 116 cm³/mol. The maximum Gasteiger partial charge on any atom is 0.490 e. The van der Waals surface area contributed by atoms with Crippen molar-refractivity contribution < 1.29 is 50.9 Å². The molecule has 3 rings (SSSR count). The van der Waals surface area contributed by atoms with E-state index in [-0.39, 0.29) is 6.03 Å². The number of carboxylic acid groups (broad SMARTS) is 2. The highest BCUT2D eigenvalue weighted by Gasteiger charge is 2.38. The Morgan fingerprint density at radius 2 is 1.49 bits per heavy atom. The van der Waals surface area contributed by atoms with Gasteiger partial charge in [0.25, 0.3) is 0 Å². The zero-order valence-corrected chi connectivity index (χ0v) is 19.5. The lowest BCUT2D eigenvalue weighted by Crippen LogP contribution is -2.41. The van der Waals surface area contributed by atoms with E-state index in [0.717, 1.165) is 30.0 Å². The number of rotatable bonds is 2. The Hall–Kier alpha value is -4.11. The standard InChI is InChI=1S/C17H21N5O.2C2HF3O2/c1-20(2)17(23)22-10-9-21(12-14-5-3-7-18-11-14)16-15(13-22)6-4-8-19-16;2*3-2(4,5)1(6)7/h3-8,11H,9-10,12-13H2,1-2H3;2*(H,6,7). The Labute approximate surface area is 206 Å².